The Kier molecular flexibility index (Phi) is 7.67. The topological polar surface area (TPSA) is 97.1 Å². The molecule has 0 aliphatic rings. The highest BCUT2D eigenvalue weighted by Gasteiger charge is 2.14. The van der Waals surface area contributed by atoms with Gasteiger partial charge in [-0.25, -0.2) is 4.98 Å². The monoisotopic (exact) mass is 354 g/mol. The van der Waals surface area contributed by atoms with Crippen LogP contribution >= 0.6 is 23.7 Å². The molecule has 0 radical (unpaired) electrons. The third-order valence-electron chi connectivity index (χ3n) is 2.97. The minimum absolute atomic E-state index is 0. The standard InChI is InChI=1S/C15H18N4O2S.ClH/c1-10(18-14(21)8-17-13(20)7-16)15-19-12(9-22-15)11-5-3-2-4-6-11;/h2-6,9-10H,7-8,16H2,1H3,(H,17,20)(H,18,21);1H. The lowest BCUT2D eigenvalue weighted by Crippen LogP contribution is -2.40. The number of halogens is 1. The van der Waals surface area contributed by atoms with Gasteiger partial charge >= 0.3 is 0 Å². The van der Waals surface area contributed by atoms with E-state index in [1.165, 1.54) is 11.3 Å². The van der Waals surface area contributed by atoms with E-state index in [1.807, 2.05) is 42.6 Å². The van der Waals surface area contributed by atoms with Gasteiger partial charge < -0.3 is 16.4 Å². The quantitative estimate of drug-likeness (QED) is 0.732. The highest BCUT2D eigenvalue weighted by atomic mass is 35.5. The number of amides is 2. The maximum atomic E-state index is 11.7. The molecule has 2 aromatic rings. The summed E-state index contributed by atoms with van der Waals surface area (Å²) in [7, 11) is 0. The van der Waals surface area contributed by atoms with E-state index in [4.69, 9.17) is 5.73 Å². The predicted molar refractivity (Wildman–Crippen MR) is 93.4 cm³/mol. The van der Waals surface area contributed by atoms with Crippen molar-refractivity contribution in [3.05, 3.63) is 40.7 Å². The summed E-state index contributed by atoms with van der Waals surface area (Å²) in [5.41, 5.74) is 7.08. The van der Waals surface area contributed by atoms with Crippen molar-refractivity contribution in [2.45, 2.75) is 13.0 Å². The van der Waals surface area contributed by atoms with Crippen LogP contribution in [0.4, 0.5) is 0 Å². The molecule has 0 bridgehead atoms. The van der Waals surface area contributed by atoms with Crippen molar-refractivity contribution in [3.8, 4) is 11.3 Å². The van der Waals surface area contributed by atoms with E-state index in [2.05, 4.69) is 15.6 Å². The van der Waals surface area contributed by atoms with Crippen LogP contribution in [0.25, 0.3) is 11.3 Å². The molecule has 124 valence electrons. The van der Waals surface area contributed by atoms with Crippen LogP contribution in [0.15, 0.2) is 35.7 Å². The van der Waals surface area contributed by atoms with E-state index >= 15 is 0 Å². The van der Waals surface area contributed by atoms with Crippen molar-refractivity contribution in [1.29, 1.82) is 0 Å². The van der Waals surface area contributed by atoms with Crippen molar-refractivity contribution in [3.63, 3.8) is 0 Å². The van der Waals surface area contributed by atoms with Gasteiger partial charge in [-0.2, -0.15) is 0 Å². The molecule has 2 amide bonds. The lowest BCUT2D eigenvalue weighted by molar-refractivity contribution is -0.125. The second-order valence-corrected chi connectivity index (χ2v) is 5.60. The van der Waals surface area contributed by atoms with Crippen LogP contribution in [0.5, 0.6) is 0 Å². The van der Waals surface area contributed by atoms with Crippen LogP contribution in [0.2, 0.25) is 0 Å². The number of aromatic nitrogens is 1. The zero-order valence-corrected chi connectivity index (χ0v) is 14.2. The number of hydrogen-bond acceptors (Lipinski definition) is 5. The molecule has 1 aromatic carbocycles. The second-order valence-electron chi connectivity index (χ2n) is 4.71. The zero-order valence-electron chi connectivity index (χ0n) is 12.6. The number of carbonyl (C=O) groups is 2. The van der Waals surface area contributed by atoms with Crippen molar-refractivity contribution >= 4 is 35.6 Å². The van der Waals surface area contributed by atoms with Crippen LogP contribution in [0.3, 0.4) is 0 Å². The van der Waals surface area contributed by atoms with E-state index in [9.17, 15) is 9.59 Å². The van der Waals surface area contributed by atoms with Gasteiger partial charge in [0.05, 0.1) is 24.8 Å². The minimum Gasteiger partial charge on any atom is -0.346 e. The Morgan fingerprint density at radius 2 is 1.96 bits per heavy atom. The SMILES string of the molecule is CC(NC(=O)CNC(=O)CN)c1nc(-c2ccccc2)cs1.Cl. The van der Waals surface area contributed by atoms with Crippen molar-refractivity contribution < 1.29 is 9.59 Å². The molecule has 1 heterocycles. The number of nitrogens with one attached hydrogen (secondary N) is 2. The molecule has 8 heteroatoms. The van der Waals surface area contributed by atoms with E-state index < -0.39 is 0 Å². The Balaban J connectivity index is 0.00000264. The van der Waals surface area contributed by atoms with E-state index in [1.54, 1.807) is 0 Å². The van der Waals surface area contributed by atoms with Crippen LogP contribution in [-0.2, 0) is 9.59 Å². The first-order chi connectivity index (χ1) is 10.6. The first-order valence-corrected chi connectivity index (χ1v) is 7.75. The van der Waals surface area contributed by atoms with Crippen molar-refractivity contribution in [2.24, 2.45) is 5.73 Å². The molecule has 0 saturated heterocycles. The Morgan fingerprint density at radius 3 is 2.61 bits per heavy atom. The molecule has 1 aromatic heterocycles. The predicted octanol–water partition coefficient (Wildman–Crippen LogP) is 1.48. The smallest absolute Gasteiger partial charge is 0.239 e. The molecule has 1 atom stereocenters. The Bertz CT molecular complexity index is 648. The molecule has 0 aliphatic carbocycles. The number of nitrogens with two attached hydrogens (primary N) is 1. The first-order valence-electron chi connectivity index (χ1n) is 6.87. The minimum atomic E-state index is -0.358. The molecular formula is C15H19ClN4O2S. The average Bonchev–Trinajstić information content (AvgIpc) is 3.03. The van der Waals surface area contributed by atoms with Gasteiger partial charge in [-0.15, -0.1) is 23.7 Å². The molecule has 1 unspecified atom stereocenters. The Morgan fingerprint density at radius 1 is 1.26 bits per heavy atom. The number of hydrogen-bond donors (Lipinski definition) is 3. The van der Waals surface area contributed by atoms with Gasteiger partial charge in [0.1, 0.15) is 5.01 Å². The largest absolute Gasteiger partial charge is 0.346 e. The fourth-order valence-corrected chi connectivity index (χ4v) is 2.67. The molecule has 6 nitrogen and oxygen atoms in total. The third kappa shape index (κ3) is 5.63. The summed E-state index contributed by atoms with van der Waals surface area (Å²) in [5, 5.41) is 8.00. The van der Waals surface area contributed by atoms with Gasteiger partial charge in [0.25, 0.3) is 0 Å². The summed E-state index contributed by atoms with van der Waals surface area (Å²) < 4.78 is 0. The van der Waals surface area contributed by atoms with Gasteiger partial charge in [-0.05, 0) is 6.92 Å². The summed E-state index contributed by atoms with van der Waals surface area (Å²) >= 11 is 1.49. The van der Waals surface area contributed by atoms with Gasteiger partial charge in [-0.1, -0.05) is 30.3 Å². The Hall–Kier alpha value is -1.96. The van der Waals surface area contributed by atoms with Gasteiger partial charge in [0.15, 0.2) is 0 Å². The summed E-state index contributed by atoms with van der Waals surface area (Å²) in [5.74, 6) is -0.630. The molecular weight excluding hydrogens is 336 g/mol. The van der Waals surface area contributed by atoms with E-state index in [-0.39, 0.29) is 43.4 Å². The fraction of sp³-hybridized carbons (Fsp3) is 0.267. The third-order valence-corrected chi connectivity index (χ3v) is 4.00. The number of thiazole rings is 1. The number of nitrogens with zero attached hydrogens (tertiary/aromatic N) is 1. The molecule has 0 aliphatic heterocycles. The summed E-state index contributed by atoms with van der Waals surface area (Å²) in [6.07, 6.45) is 0. The summed E-state index contributed by atoms with van der Waals surface area (Å²) in [6, 6.07) is 9.63. The van der Waals surface area contributed by atoms with Crippen LogP contribution in [-0.4, -0.2) is 29.9 Å². The number of benzene rings is 1. The van der Waals surface area contributed by atoms with Gasteiger partial charge in [0.2, 0.25) is 11.8 Å². The lowest BCUT2D eigenvalue weighted by Gasteiger charge is -2.11. The summed E-state index contributed by atoms with van der Waals surface area (Å²) in [6.45, 7) is 1.64. The highest BCUT2D eigenvalue weighted by molar-refractivity contribution is 7.10. The van der Waals surface area contributed by atoms with E-state index in [0.717, 1.165) is 16.3 Å². The maximum Gasteiger partial charge on any atom is 0.239 e. The van der Waals surface area contributed by atoms with E-state index in [0.29, 0.717) is 0 Å². The molecule has 0 saturated carbocycles. The molecule has 2 rings (SSSR count). The Labute approximate surface area is 144 Å². The maximum absolute atomic E-state index is 11.7. The van der Waals surface area contributed by atoms with Crippen molar-refractivity contribution in [2.75, 3.05) is 13.1 Å². The van der Waals surface area contributed by atoms with Crippen LogP contribution in [0, 0.1) is 0 Å². The first kappa shape index (κ1) is 19.1. The normalized spacial score (nSPS) is 11.2. The highest BCUT2D eigenvalue weighted by Crippen LogP contribution is 2.25. The summed E-state index contributed by atoms with van der Waals surface area (Å²) in [4.78, 5) is 27.3. The van der Waals surface area contributed by atoms with Crippen molar-refractivity contribution in [1.82, 2.24) is 15.6 Å². The zero-order chi connectivity index (χ0) is 15.9. The fourth-order valence-electron chi connectivity index (χ4n) is 1.83. The average molecular weight is 355 g/mol. The lowest BCUT2D eigenvalue weighted by atomic mass is 10.2. The molecule has 0 fully saturated rings. The van der Waals surface area contributed by atoms with Gasteiger partial charge in [-0.3, -0.25) is 9.59 Å². The number of carbonyl (C=O) groups excluding carboxylic acids is 2. The molecule has 0 spiro atoms. The number of rotatable bonds is 6. The van der Waals surface area contributed by atoms with Crippen LogP contribution < -0.4 is 16.4 Å². The molecule has 23 heavy (non-hydrogen) atoms. The second kappa shape index (κ2) is 9.24. The van der Waals surface area contributed by atoms with Gasteiger partial charge in [0, 0.05) is 10.9 Å². The molecule has 4 N–H and O–H groups in total. The van der Waals surface area contributed by atoms with Crippen LogP contribution in [0.1, 0.15) is 18.0 Å².